The summed E-state index contributed by atoms with van der Waals surface area (Å²) in [5, 5.41) is 19.0. The van der Waals surface area contributed by atoms with Gasteiger partial charge in [-0.25, -0.2) is 9.59 Å². The molecule has 0 unspecified atom stereocenters. The fraction of sp³-hybridized carbons (Fsp3) is 0.467. The molecule has 0 radical (unpaired) electrons. The molecule has 2 aromatic rings. The molecule has 0 aliphatic heterocycles. The summed E-state index contributed by atoms with van der Waals surface area (Å²) < 4.78 is 10.1. The molecule has 0 fully saturated rings. The maximum Gasteiger partial charge on any atom is 0.408 e. The predicted molar refractivity (Wildman–Crippen MR) is 150 cm³/mol. The van der Waals surface area contributed by atoms with Crippen LogP contribution in [0.4, 0.5) is 4.79 Å². The van der Waals surface area contributed by atoms with Crippen LogP contribution in [0.2, 0.25) is 0 Å². The molecule has 10 nitrogen and oxygen atoms in total. The van der Waals surface area contributed by atoms with Gasteiger partial charge in [-0.2, -0.15) is 0 Å². The van der Waals surface area contributed by atoms with E-state index < -0.39 is 48.1 Å². The number of rotatable bonds is 14. The van der Waals surface area contributed by atoms with E-state index in [1.165, 1.54) is 7.11 Å². The first-order valence-corrected chi connectivity index (χ1v) is 13.5. The van der Waals surface area contributed by atoms with Gasteiger partial charge in [0, 0.05) is 0 Å². The number of aliphatic hydroxyl groups is 1. The maximum atomic E-state index is 13.5. The van der Waals surface area contributed by atoms with Crippen molar-refractivity contribution in [3.63, 3.8) is 0 Å². The van der Waals surface area contributed by atoms with Crippen LogP contribution in [0.1, 0.15) is 57.8 Å². The highest BCUT2D eigenvalue weighted by Gasteiger charge is 2.36. The van der Waals surface area contributed by atoms with Gasteiger partial charge in [-0.3, -0.25) is 9.59 Å². The first-order valence-electron chi connectivity index (χ1n) is 13.5. The molecule has 0 saturated carbocycles. The quantitative estimate of drug-likeness (QED) is 0.262. The minimum atomic E-state index is -1.47. The Hall–Kier alpha value is -3.92. The van der Waals surface area contributed by atoms with Crippen LogP contribution in [-0.4, -0.2) is 54.2 Å². The Balaban J connectivity index is 2.25. The van der Waals surface area contributed by atoms with Gasteiger partial charge in [-0.15, -0.1) is 0 Å². The van der Waals surface area contributed by atoms with Crippen molar-refractivity contribution < 1.29 is 33.8 Å². The third kappa shape index (κ3) is 10.00. The van der Waals surface area contributed by atoms with E-state index in [1.807, 2.05) is 39.0 Å². The van der Waals surface area contributed by atoms with Crippen molar-refractivity contribution in [3.8, 4) is 0 Å². The summed E-state index contributed by atoms with van der Waals surface area (Å²) in [6, 6.07) is 14.0. The topological polar surface area (TPSA) is 143 Å². The number of hydrogen-bond donors (Lipinski definition) is 4. The first kappa shape index (κ1) is 32.3. The SMILES string of the molecule is CC[C@H](C)[C@H](NC(=O)[C@H](NC(=O)[C@H](CC(C)C)NC(=O)OCc1ccccc1)[C@@H](O)c1ccccc1)C(=O)OC. The zero-order valence-corrected chi connectivity index (χ0v) is 23.8. The number of benzene rings is 2. The summed E-state index contributed by atoms with van der Waals surface area (Å²) in [7, 11) is 1.22. The fourth-order valence-corrected chi connectivity index (χ4v) is 4.03. The largest absolute Gasteiger partial charge is 0.467 e. The second kappa shape index (κ2) is 16.2. The second-order valence-electron chi connectivity index (χ2n) is 10.1. The molecule has 0 bridgehead atoms. The van der Waals surface area contributed by atoms with Gasteiger partial charge in [0.2, 0.25) is 11.8 Å². The van der Waals surface area contributed by atoms with E-state index >= 15 is 0 Å². The number of ether oxygens (including phenoxy) is 2. The molecule has 2 rings (SSSR count). The number of alkyl carbamates (subject to hydrolysis) is 1. The van der Waals surface area contributed by atoms with Gasteiger partial charge < -0.3 is 30.5 Å². The summed E-state index contributed by atoms with van der Waals surface area (Å²) in [5.41, 5.74) is 1.17. The second-order valence-corrected chi connectivity index (χ2v) is 10.1. The Labute approximate surface area is 235 Å². The average molecular weight is 556 g/mol. The number of carbonyl (C=O) groups excluding carboxylic acids is 4. The molecule has 0 aromatic heterocycles. The van der Waals surface area contributed by atoms with E-state index in [0.717, 1.165) is 5.56 Å². The summed E-state index contributed by atoms with van der Waals surface area (Å²) in [6.45, 7) is 7.43. The van der Waals surface area contributed by atoms with Crippen molar-refractivity contribution >= 4 is 23.9 Å². The van der Waals surface area contributed by atoms with Crippen LogP contribution < -0.4 is 16.0 Å². The van der Waals surface area contributed by atoms with E-state index in [0.29, 0.717) is 12.0 Å². The fourth-order valence-electron chi connectivity index (χ4n) is 4.03. The van der Waals surface area contributed by atoms with E-state index in [9.17, 15) is 24.3 Å². The lowest BCUT2D eigenvalue weighted by Crippen LogP contribution is -2.58. The standard InChI is InChI=1S/C30H41N3O7/c1-6-20(4)24(29(37)39-5)32-28(36)25(26(34)22-15-11-8-12-16-22)33-27(35)23(17-19(2)3)31-30(38)40-18-21-13-9-7-10-14-21/h7-16,19-20,23-26,34H,6,17-18H2,1-5H3,(H,31,38)(H,32,36)(H,33,35)/t20-,23-,24-,25+,26-/m0/s1. The molecule has 40 heavy (non-hydrogen) atoms. The normalized spacial score (nSPS) is 14.7. The number of aliphatic hydroxyl groups excluding tert-OH is 1. The minimum Gasteiger partial charge on any atom is -0.467 e. The minimum absolute atomic E-state index is 0.00519. The monoisotopic (exact) mass is 555 g/mol. The Morgan fingerprint density at radius 1 is 0.825 bits per heavy atom. The molecule has 218 valence electrons. The molecule has 0 heterocycles. The molecular weight excluding hydrogens is 514 g/mol. The van der Waals surface area contributed by atoms with Crippen molar-refractivity contribution in [2.45, 2.75) is 71.4 Å². The van der Waals surface area contributed by atoms with Crippen LogP contribution in [0.3, 0.4) is 0 Å². The highest BCUT2D eigenvalue weighted by Crippen LogP contribution is 2.19. The highest BCUT2D eigenvalue weighted by atomic mass is 16.5. The van der Waals surface area contributed by atoms with Crippen LogP contribution in [0.15, 0.2) is 60.7 Å². The molecular formula is C30H41N3O7. The first-order chi connectivity index (χ1) is 19.1. The van der Waals surface area contributed by atoms with Crippen molar-refractivity contribution in [3.05, 3.63) is 71.8 Å². The Morgan fingerprint density at radius 2 is 1.40 bits per heavy atom. The Morgan fingerprint density at radius 3 is 1.95 bits per heavy atom. The molecule has 4 N–H and O–H groups in total. The number of nitrogens with one attached hydrogen (secondary N) is 3. The maximum absolute atomic E-state index is 13.5. The van der Waals surface area contributed by atoms with Crippen LogP contribution in [-0.2, 0) is 30.5 Å². The molecule has 2 aromatic carbocycles. The molecule has 10 heteroatoms. The molecule has 0 saturated heterocycles. The van der Waals surface area contributed by atoms with Crippen molar-refractivity contribution in [1.82, 2.24) is 16.0 Å². The number of hydrogen-bond acceptors (Lipinski definition) is 7. The third-order valence-electron chi connectivity index (χ3n) is 6.53. The predicted octanol–water partition coefficient (Wildman–Crippen LogP) is 3.25. The van der Waals surface area contributed by atoms with Crippen molar-refractivity contribution in [2.75, 3.05) is 7.11 Å². The Kier molecular flexibility index (Phi) is 13.1. The lowest BCUT2D eigenvalue weighted by Gasteiger charge is -2.29. The molecule has 0 spiro atoms. The molecule has 3 amide bonds. The number of carbonyl (C=O) groups is 4. The number of esters is 1. The summed E-state index contributed by atoms with van der Waals surface area (Å²) >= 11 is 0. The van der Waals surface area contributed by atoms with Gasteiger partial charge in [0.1, 0.15) is 30.8 Å². The van der Waals surface area contributed by atoms with Gasteiger partial charge in [0.25, 0.3) is 0 Å². The number of methoxy groups -OCH3 is 1. The summed E-state index contributed by atoms with van der Waals surface area (Å²) in [4.78, 5) is 51.9. The highest BCUT2D eigenvalue weighted by molar-refractivity contribution is 5.93. The third-order valence-corrected chi connectivity index (χ3v) is 6.53. The lowest BCUT2D eigenvalue weighted by atomic mass is 9.96. The molecule has 0 aliphatic rings. The van der Waals surface area contributed by atoms with Gasteiger partial charge in [0.05, 0.1) is 7.11 Å². The van der Waals surface area contributed by atoms with E-state index in [1.54, 1.807) is 49.4 Å². The number of amides is 3. The summed E-state index contributed by atoms with van der Waals surface area (Å²) in [6.07, 6.45) is -1.41. The zero-order valence-electron chi connectivity index (χ0n) is 23.8. The van der Waals surface area contributed by atoms with Crippen molar-refractivity contribution in [2.24, 2.45) is 11.8 Å². The molecule has 5 atom stereocenters. The van der Waals surface area contributed by atoms with Gasteiger partial charge in [0.15, 0.2) is 0 Å². The van der Waals surface area contributed by atoms with E-state index in [-0.39, 0.29) is 24.9 Å². The van der Waals surface area contributed by atoms with E-state index in [4.69, 9.17) is 9.47 Å². The summed E-state index contributed by atoms with van der Waals surface area (Å²) in [5.74, 6) is -2.35. The van der Waals surface area contributed by atoms with Crippen molar-refractivity contribution in [1.29, 1.82) is 0 Å². The van der Waals surface area contributed by atoms with Crippen LogP contribution in [0.25, 0.3) is 0 Å². The van der Waals surface area contributed by atoms with E-state index in [2.05, 4.69) is 16.0 Å². The smallest absolute Gasteiger partial charge is 0.408 e. The lowest BCUT2D eigenvalue weighted by molar-refractivity contribution is -0.147. The van der Waals surface area contributed by atoms with Crippen LogP contribution >= 0.6 is 0 Å². The average Bonchev–Trinajstić information content (AvgIpc) is 2.96. The van der Waals surface area contributed by atoms with Crippen LogP contribution in [0, 0.1) is 11.8 Å². The van der Waals surface area contributed by atoms with Gasteiger partial charge in [-0.05, 0) is 29.4 Å². The van der Waals surface area contributed by atoms with Gasteiger partial charge in [-0.1, -0.05) is 94.8 Å². The zero-order chi connectivity index (χ0) is 29.7. The van der Waals surface area contributed by atoms with Crippen LogP contribution in [0.5, 0.6) is 0 Å². The Bertz CT molecular complexity index is 1090. The molecule has 0 aliphatic carbocycles. The van der Waals surface area contributed by atoms with Gasteiger partial charge >= 0.3 is 12.1 Å².